The van der Waals surface area contributed by atoms with E-state index in [2.05, 4.69) is 13.0 Å². The minimum absolute atomic E-state index is 0.444. The highest BCUT2D eigenvalue weighted by atomic mass is 16.5. The van der Waals surface area contributed by atoms with Crippen molar-refractivity contribution in [3.05, 3.63) is 28.3 Å². The Morgan fingerprint density at radius 2 is 2.00 bits per heavy atom. The predicted octanol–water partition coefficient (Wildman–Crippen LogP) is 2.95. The quantitative estimate of drug-likeness (QED) is 0.888. The van der Waals surface area contributed by atoms with Gasteiger partial charge in [-0.05, 0) is 68.2 Å². The maximum atomic E-state index is 10.2. The number of ether oxygens (including phenoxy) is 1. The molecule has 3 rings (SSSR count). The lowest BCUT2D eigenvalue weighted by atomic mass is 9.84. The summed E-state index contributed by atoms with van der Waals surface area (Å²) in [5.74, 6) is 0.980. The molecule has 1 saturated carbocycles. The summed E-state index contributed by atoms with van der Waals surface area (Å²) in [7, 11) is 1.74. The van der Waals surface area contributed by atoms with E-state index in [-0.39, 0.29) is 0 Å². The van der Waals surface area contributed by atoms with Crippen LogP contribution >= 0.6 is 0 Å². The molecule has 1 aromatic carbocycles. The third-order valence-corrected chi connectivity index (χ3v) is 4.57. The molecule has 2 nitrogen and oxygen atoms in total. The maximum Gasteiger partial charge on any atom is 0.122 e. The van der Waals surface area contributed by atoms with Crippen LogP contribution in [0.5, 0.6) is 5.75 Å². The first-order chi connectivity index (χ1) is 8.63. The number of aryl methyl sites for hydroxylation is 1. The van der Waals surface area contributed by atoms with Crippen LogP contribution < -0.4 is 4.74 Å². The molecule has 0 aromatic heterocycles. The van der Waals surface area contributed by atoms with Gasteiger partial charge < -0.3 is 9.84 Å². The highest BCUT2D eigenvalue weighted by Crippen LogP contribution is 2.42. The average Bonchev–Trinajstić information content (AvgIpc) is 3.11. The standard InChI is InChI=1S/C16H22O2/c1-11-13-6-4-3-5-12(13)9-15(18-2)14(11)10-16(17)7-8-16/h9,17H,3-8,10H2,1-2H3. The smallest absolute Gasteiger partial charge is 0.122 e. The Morgan fingerprint density at radius 3 is 2.67 bits per heavy atom. The molecule has 98 valence electrons. The van der Waals surface area contributed by atoms with Crippen LogP contribution in [-0.4, -0.2) is 17.8 Å². The number of benzene rings is 1. The largest absolute Gasteiger partial charge is 0.496 e. The Balaban J connectivity index is 2.04. The number of hydrogen-bond donors (Lipinski definition) is 1. The van der Waals surface area contributed by atoms with Crippen molar-refractivity contribution < 1.29 is 9.84 Å². The monoisotopic (exact) mass is 246 g/mol. The van der Waals surface area contributed by atoms with E-state index in [4.69, 9.17) is 4.74 Å². The molecular formula is C16H22O2. The minimum Gasteiger partial charge on any atom is -0.496 e. The number of fused-ring (bicyclic) bond motifs is 1. The highest BCUT2D eigenvalue weighted by Gasteiger charge is 2.41. The fraction of sp³-hybridized carbons (Fsp3) is 0.625. The van der Waals surface area contributed by atoms with Gasteiger partial charge >= 0.3 is 0 Å². The molecule has 0 saturated heterocycles. The van der Waals surface area contributed by atoms with Gasteiger partial charge in [0, 0.05) is 12.0 Å². The number of methoxy groups -OCH3 is 1. The molecule has 0 atom stereocenters. The molecule has 0 amide bonds. The first kappa shape index (κ1) is 12.0. The molecule has 18 heavy (non-hydrogen) atoms. The average molecular weight is 246 g/mol. The van der Waals surface area contributed by atoms with Gasteiger partial charge in [-0.2, -0.15) is 0 Å². The molecule has 2 aliphatic carbocycles. The lowest BCUT2D eigenvalue weighted by Crippen LogP contribution is -2.15. The second-order valence-electron chi connectivity index (χ2n) is 5.93. The summed E-state index contributed by atoms with van der Waals surface area (Å²) in [5, 5.41) is 10.2. The molecule has 0 aliphatic heterocycles. The second-order valence-corrected chi connectivity index (χ2v) is 5.93. The van der Waals surface area contributed by atoms with Crippen LogP contribution in [0.3, 0.4) is 0 Å². The van der Waals surface area contributed by atoms with Crippen LogP contribution in [0.1, 0.15) is 47.9 Å². The topological polar surface area (TPSA) is 29.5 Å². The Labute approximate surface area is 109 Å². The molecule has 1 N–H and O–H groups in total. The van der Waals surface area contributed by atoms with E-state index in [1.165, 1.54) is 47.9 Å². The number of rotatable bonds is 3. The van der Waals surface area contributed by atoms with Crippen molar-refractivity contribution in [1.29, 1.82) is 0 Å². The fourth-order valence-electron chi connectivity index (χ4n) is 3.18. The van der Waals surface area contributed by atoms with Crippen molar-refractivity contribution in [2.24, 2.45) is 0 Å². The lowest BCUT2D eigenvalue weighted by Gasteiger charge is -2.24. The van der Waals surface area contributed by atoms with Crippen molar-refractivity contribution in [1.82, 2.24) is 0 Å². The summed E-state index contributed by atoms with van der Waals surface area (Å²) in [4.78, 5) is 0. The third-order valence-electron chi connectivity index (χ3n) is 4.57. The SMILES string of the molecule is COc1cc2c(c(C)c1CC1(O)CC1)CCCC2. The normalized spacial score (nSPS) is 20.4. The molecule has 2 heteroatoms. The Kier molecular flexibility index (Phi) is 2.86. The molecule has 0 heterocycles. The van der Waals surface area contributed by atoms with Gasteiger partial charge in [0.25, 0.3) is 0 Å². The lowest BCUT2D eigenvalue weighted by molar-refractivity contribution is 0.149. The van der Waals surface area contributed by atoms with E-state index in [1.54, 1.807) is 7.11 Å². The first-order valence-electron chi connectivity index (χ1n) is 7.03. The Bertz CT molecular complexity index is 472. The summed E-state index contributed by atoms with van der Waals surface area (Å²) in [6.07, 6.45) is 7.59. The summed E-state index contributed by atoms with van der Waals surface area (Å²) in [5.41, 5.74) is 5.13. The summed E-state index contributed by atoms with van der Waals surface area (Å²) >= 11 is 0. The zero-order chi connectivity index (χ0) is 12.8. The molecule has 1 aromatic rings. The van der Waals surface area contributed by atoms with Crippen LogP contribution in [-0.2, 0) is 19.3 Å². The van der Waals surface area contributed by atoms with E-state index in [1.807, 2.05) is 0 Å². The molecule has 1 fully saturated rings. The Hall–Kier alpha value is -1.02. The van der Waals surface area contributed by atoms with E-state index in [9.17, 15) is 5.11 Å². The van der Waals surface area contributed by atoms with E-state index >= 15 is 0 Å². The van der Waals surface area contributed by atoms with Crippen molar-refractivity contribution in [2.45, 2.75) is 57.5 Å². The number of aliphatic hydroxyl groups is 1. The maximum absolute atomic E-state index is 10.2. The van der Waals surface area contributed by atoms with Crippen LogP contribution in [0.4, 0.5) is 0 Å². The van der Waals surface area contributed by atoms with Gasteiger partial charge in [0.2, 0.25) is 0 Å². The molecule has 0 spiro atoms. The van der Waals surface area contributed by atoms with Gasteiger partial charge in [-0.3, -0.25) is 0 Å². The van der Waals surface area contributed by atoms with Gasteiger partial charge in [0.15, 0.2) is 0 Å². The Morgan fingerprint density at radius 1 is 1.28 bits per heavy atom. The van der Waals surface area contributed by atoms with Gasteiger partial charge in [0.1, 0.15) is 5.75 Å². The van der Waals surface area contributed by atoms with Crippen molar-refractivity contribution >= 4 is 0 Å². The van der Waals surface area contributed by atoms with Crippen molar-refractivity contribution in [3.8, 4) is 5.75 Å². The molecule has 0 radical (unpaired) electrons. The van der Waals surface area contributed by atoms with Crippen LogP contribution in [0, 0.1) is 6.92 Å². The molecular weight excluding hydrogens is 224 g/mol. The van der Waals surface area contributed by atoms with E-state index < -0.39 is 5.60 Å². The van der Waals surface area contributed by atoms with Crippen LogP contribution in [0.25, 0.3) is 0 Å². The van der Waals surface area contributed by atoms with Gasteiger partial charge in [0.05, 0.1) is 12.7 Å². The van der Waals surface area contributed by atoms with Crippen LogP contribution in [0.2, 0.25) is 0 Å². The zero-order valence-corrected chi connectivity index (χ0v) is 11.4. The highest BCUT2D eigenvalue weighted by molar-refractivity contribution is 5.51. The second kappa shape index (κ2) is 4.27. The molecule has 0 unspecified atom stereocenters. The number of hydrogen-bond acceptors (Lipinski definition) is 2. The van der Waals surface area contributed by atoms with Crippen molar-refractivity contribution in [2.75, 3.05) is 7.11 Å². The molecule has 0 bridgehead atoms. The van der Waals surface area contributed by atoms with Gasteiger partial charge in [-0.1, -0.05) is 0 Å². The zero-order valence-electron chi connectivity index (χ0n) is 11.4. The summed E-state index contributed by atoms with van der Waals surface area (Å²) in [6.45, 7) is 2.20. The summed E-state index contributed by atoms with van der Waals surface area (Å²) in [6, 6.07) is 2.21. The predicted molar refractivity (Wildman–Crippen MR) is 72.3 cm³/mol. The minimum atomic E-state index is -0.444. The van der Waals surface area contributed by atoms with E-state index in [0.717, 1.165) is 25.0 Å². The van der Waals surface area contributed by atoms with E-state index in [0.29, 0.717) is 0 Å². The summed E-state index contributed by atoms with van der Waals surface area (Å²) < 4.78 is 5.55. The first-order valence-corrected chi connectivity index (χ1v) is 7.03. The molecule has 2 aliphatic rings. The third kappa shape index (κ3) is 2.03. The van der Waals surface area contributed by atoms with Gasteiger partial charge in [-0.15, -0.1) is 0 Å². The fourth-order valence-corrected chi connectivity index (χ4v) is 3.18. The van der Waals surface area contributed by atoms with Gasteiger partial charge in [-0.25, -0.2) is 0 Å². The van der Waals surface area contributed by atoms with Crippen LogP contribution in [0.15, 0.2) is 6.07 Å². The van der Waals surface area contributed by atoms with Crippen molar-refractivity contribution in [3.63, 3.8) is 0 Å².